The van der Waals surface area contributed by atoms with E-state index >= 15 is 0 Å². The van der Waals surface area contributed by atoms with Crippen molar-refractivity contribution in [2.45, 2.75) is 19.4 Å². The van der Waals surface area contributed by atoms with E-state index in [0.29, 0.717) is 39.3 Å². The summed E-state index contributed by atoms with van der Waals surface area (Å²) in [6, 6.07) is -0.247. The first-order valence-electron chi connectivity index (χ1n) is 6.42. The molecule has 8 heteroatoms. The largest absolute Gasteiger partial charge is 0.379 e. The molecule has 3 N–H and O–H groups in total. The first-order chi connectivity index (χ1) is 8.86. The highest BCUT2D eigenvalue weighted by Crippen LogP contribution is 2.11. The number of hydrogen-bond acceptors (Lipinski definition) is 5. The van der Waals surface area contributed by atoms with Gasteiger partial charge in [-0.25, -0.2) is 12.7 Å². The highest BCUT2D eigenvalue weighted by atomic mass is 32.2. The number of amides is 1. The van der Waals surface area contributed by atoms with Crippen LogP contribution in [0, 0.1) is 5.92 Å². The molecule has 0 aromatic carbocycles. The molecule has 1 rings (SSSR count). The van der Waals surface area contributed by atoms with E-state index < -0.39 is 10.0 Å². The van der Waals surface area contributed by atoms with Gasteiger partial charge in [0.2, 0.25) is 15.9 Å². The molecule has 0 spiro atoms. The molecule has 1 amide bonds. The lowest BCUT2D eigenvalue weighted by Gasteiger charge is -2.18. The van der Waals surface area contributed by atoms with Crippen molar-refractivity contribution in [2.75, 3.05) is 39.1 Å². The predicted molar refractivity (Wildman–Crippen MR) is 72.0 cm³/mol. The van der Waals surface area contributed by atoms with Gasteiger partial charge < -0.3 is 15.8 Å². The molecule has 1 heterocycles. The van der Waals surface area contributed by atoms with E-state index in [1.165, 1.54) is 10.6 Å². The number of nitrogens with two attached hydrogens (primary N) is 1. The van der Waals surface area contributed by atoms with Crippen LogP contribution in [0.25, 0.3) is 0 Å². The smallest absolute Gasteiger partial charge is 0.227 e. The molecule has 2 unspecified atom stereocenters. The summed E-state index contributed by atoms with van der Waals surface area (Å²) in [4.78, 5) is 11.8. The van der Waals surface area contributed by atoms with Crippen molar-refractivity contribution in [1.82, 2.24) is 9.62 Å². The maximum absolute atomic E-state index is 11.8. The summed E-state index contributed by atoms with van der Waals surface area (Å²) in [5.74, 6) is -0.412. The fourth-order valence-electron chi connectivity index (χ4n) is 2.00. The van der Waals surface area contributed by atoms with E-state index in [0.717, 1.165) is 0 Å². The van der Waals surface area contributed by atoms with Gasteiger partial charge in [0.1, 0.15) is 0 Å². The minimum atomic E-state index is -3.16. The van der Waals surface area contributed by atoms with Gasteiger partial charge >= 0.3 is 0 Å². The van der Waals surface area contributed by atoms with E-state index in [9.17, 15) is 13.2 Å². The molecule has 19 heavy (non-hydrogen) atoms. The number of rotatable bonds is 7. The molecule has 0 radical (unpaired) electrons. The number of sulfonamides is 1. The third-order valence-electron chi connectivity index (χ3n) is 3.17. The van der Waals surface area contributed by atoms with Crippen LogP contribution in [-0.2, 0) is 19.6 Å². The van der Waals surface area contributed by atoms with Gasteiger partial charge in [0, 0.05) is 25.7 Å². The molecule has 1 fully saturated rings. The molecule has 1 saturated heterocycles. The summed E-state index contributed by atoms with van der Waals surface area (Å²) in [6.07, 6.45) is 1.76. The van der Waals surface area contributed by atoms with Crippen molar-refractivity contribution < 1.29 is 17.9 Å². The second-order valence-corrected chi connectivity index (χ2v) is 6.69. The van der Waals surface area contributed by atoms with Crippen LogP contribution >= 0.6 is 0 Å². The summed E-state index contributed by atoms with van der Waals surface area (Å²) < 4.78 is 29.2. The monoisotopic (exact) mass is 293 g/mol. The molecule has 0 saturated carbocycles. The summed E-state index contributed by atoms with van der Waals surface area (Å²) >= 11 is 0. The molecule has 0 bridgehead atoms. The van der Waals surface area contributed by atoms with Crippen molar-refractivity contribution in [3.63, 3.8) is 0 Å². The van der Waals surface area contributed by atoms with Crippen LogP contribution in [-0.4, -0.2) is 63.8 Å². The van der Waals surface area contributed by atoms with E-state index in [-0.39, 0.29) is 17.9 Å². The Labute approximate surface area is 114 Å². The van der Waals surface area contributed by atoms with Crippen molar-refractivity contribution in [2.24, 2.45) is 11.7 Å². The van der Waals surface area contributed by atoms with Crippen LogP contribution < -0.4 is 11.1 Å². The quantitative estimate of drug-likeness (QED) is 0.571. The molecule has 112 valence electrons. The summed E-state index contributed by atoms with van der Waals surface area (Å²) in [6.45, 7) is 3.84. The Morgan fingerprint density at radius 2 is 2.16 bits per heavy atom. The lowest BCUT2D eigenvalue weighted by atomic mass is 10.0. The molecular weight excluding hydrogens is 270 g/mol. The van der Waals surface area contributed by atoms with Crippen molar-refractivity contribution in [3.8, 4) is 0 Å². The average Bonchev–Trinajstić information content (AvgIpc) is 2.73. The molecule has 0 aromatic heterocycles. The third kappa shape index (κ3) is 5.06. The molecule has 1 aliphatic heterocycles. The maximum atomic E-state index is 11.8. The number of nitrogens with one attached hydrogen (secondary N) is 1. The normalized spacial score (nSPS) is 23.8. The third-order valence-corrected chi connectivity index (χ3v) is 4.55. The van der Waals surface area contributed by atoms with Gasteiger partial charge in [-0.1, -0.05) is 6.92 Å². The molecule has 0 aliphatic carbocycles. The lowest BCUT2D eigenvalue weighted by Crippen LogP contribution is -2.42. The van der Waals surface area contributed by atoms with Gasteiger partial charge in [-0.15, -0.1) is 0 Å². The van der Waals surface area contributed by atoms with Gasteiger partial charge in [0.05, 0.1) is 25.4 Å². The zero-order valence-electron chi connectivity index (χ0n) is 11.5. The van der Waals surface area contributed by atoms with E-state index in [1.807, 2.05) is 0 Å². The Balaban J connectivity index is 2.25. The van der Waals surface area contributed by atoms with Crippen LogP contribution in [0.15, 0.2) is 0 Å². The van der Waals surface area contributed by atoms with E-state index in [2.05, 4.69) is 5.32 Å². The van der Waals surface area contributed by atoms with Gasteiger partial charge in [-0.2, -0.15) is 0 Å². The lowest BCUT2D eigenvalue weighted by molar-refractivity contribution is -0.125. The van der Waals surface area contributed by atoms with Crippen LogP contribution in [0.2, 0.25) is 0 Å². The molecule has 0 aromatic rings. The molecule has 2 atom stereocenters. The van der Waals surface area contributed by atoms with E-state index in [1.54, 1.807) is 6.92 Å². The van der Waals surface area contributed by atoms with Gasteiger partial charge in [-0.05, 0) is 6.42 Å². The average molecular weight is 293 g/mol. The Morgan fingerprint density at radius 1 is 1.47 bits per heavy atom. The van der Waals surface area contributed by atoms with Gasteiger partial charge in [0.15, 0.2) is 0 Å². The van der Waals surface area contributed by atoms with E-state index in [4.69, 9.17) is 10.5 Å². The number of carbonyl (C=O) groups excluding carboxylic acids is 1. The van der Waals surface area contributed by atoms with Crippen LogP contribution in [0.3, 0.4) is 0 Å². The Kier molecular flexibility index (Phi) is 6.18. The Hall–Kier alpha value is -0.700. The second-order valence-electron chi connectivity index (χ2n) is 4.71. The van der Waals surface area contributed by atoms with Crippen molar-refractivity contribution in [3.05, 3.63) is 0 Å². The fraction of sp³-hybridized carbons (Fsp3) is 0.909. The van der Waals surface area contributed by atoms with Crippen molar-refractivity contribution >= 4 is 15.9 Å². The Bertz CT molecular complexity index is 399. The summed E-state index contributed by atoms with van der Waals surface area (Å²) in [5.41, 5.74) is 5.74. The second kappa shape index (κ2) is 7.18. The SMILES string of the molecule is CCN(CCCNC(=O)C1COCC1N)S(C)(=O)=O. The number of hydrogen-bond donors (Lipinski definition) is 2. The fourth-order valence-corrected chi connectivity index (χ4v) is 2.93. The van der Waals surface area contributed by atoms with Crippen LogP contribution in [0.1, 0.15) is 13.3 Å². The first kappa shape index (κ1) is 16.4. The van der Waals surface area contributed by atoms with Crippen LogP contribution in [0.4, 0.5) is 0 Å². The highest BCUT2D eigenvalue weighted by molar-refractivity contribution is 7.88. The minimum Gasteiger partial charge on any atom is -0.379 e. The minimum absolute atomic E-state index is 0.118. The number of nitrogens with zero attached hydrogens (tertiary/aromatic N) is 1. The summed E-state index contributed by atoms with van der Waals surface area (Å²) in [5, 5.41) is 2.77. The molecule has 1 aliphatic rings. The molecular formula is C11H23N3O4S. The first-order valence-corrected chi connectivity index (χ1v) is 8.27. The van der Waals surface area contributed by atoms with Crippen molar-refractivity contribution in [1.29, 1.82) is 0 Å². The predicted octanol–water partition coefficient (Wildman–Crippen LogP) is -1.25. The zero-order chi connectivity index (χ0) is 14.5. The zero-order valence-corrected chi connectivity index (χ0v) is 12.3. The topological polar surface area (TPSA) is 102 Å². The van der Waals surface area contributed by atoms with Gasteiger partial charge in [0.25, 0.3) is 0 Å². The number of ether oxygens (including phenoxy) is 1. The Morgan fingerprint density at radius 3 is 2.63 bits per heavy atom. The van der Waals surface area contributed by atoms with Crippen LogP contribution in [0.5, 0.6) is 0 Å². The highest BCUT2D eigenvalue weighted by Gasteiger charge is 2.30. The summed E-state index contributed by atoms with van der Waals surface area (Å²) in [7, 11) is -3.16. The van der Waals surface area contributed by atoms with Gasteiger partial charge in [-0.3, -0.25) is 4.79 Å². The number of carbonyl (C=O) groups is 1. The molecule has 7 nitrogen and oxygen atoms in total. The standard InChI is InChI=1S/C11H23N3O4S/c1-3-14(19(2,16)17)6-4-5-13-11(15)9-7-18-8-10(9)12/h9-10H,3-8,12H2,1-2H3,(H,13,15). The maximum Gasteiger partial charge on any atom is 0.227 e.